The van der Waals surface area contributed by atoms with Gasteiger partial charge in [0.05, 0.1) is 39.5 Å². The summed E-state index contributed by atoms with van der Waals surface area (Å²) in [5.41, 5.74) is 27.3. The van der Waals surface area contributed by atoms with Crippen LogP contribution in [0.25, 0.3) is 11.1 Å². The maximum Gasteiger partial charge on any atom is 0.0561 e. The van der Waals surface area contributed by atoms with E-state index < -0.39 is 0 Å². The molecule has 2 aliphatic carbocycles. The molecule has 0 spiro atoms. The van der Waals surface area contributed by atoms with E-state index in [1.807, 2.05) is 0 Å². The minimum atomic E-state index is -0.245. The van der Waals surface area contributed by atoms with Crippen LogP contribution in [0, 0.1) is 13.8 Å². The summed E-state index contributed by atoms with van der Waals surface area (Å²) in [7, 11) is 0. The molecule has 7 aromatic carbocycles. The molecule has 0 aromatic heterocycles. The van der Waals surface area contributed by atoms with Gasteiger partial charge >= 0.3 is 0 Å². The fourth-order valence-corrected chi connectivity index (χ4v) is 16.5. The maximum absolute atomic E-state index is 2.98. The van der Waals surface area contributed by atoms with E-state index in [0.717, 1.165) is 12.8 Å². The molecule has 0 amide bonds. The molecule has 6 aliphatic rings. The van der Waals surface area contributed by atoms with Crippen LogP contribution in [0.3, 0.4) is 0 Å². The zero-order chi connectivity index (χ0) is 52.6. The van der Waals surface area contributed by atoms with Gasteiger partial charge in [-0.3, -0.25) is 0 Å². The number of fused-ring (bicyclic) bond motifs is 10. The quantitative estimate of drug-likeness (QED) is 0.174. The van der Waals surface area contributed by atoms with E-state index >= 15 is 0 Å². The highest BCUT2D eigenvalue weighted by Crippen LogP contribution is 2.72. The highest BCUT2D eigenvalue weighted by molar-refractivity contribution is 6.02. The van der Waals surface area contributed by atoms with Gasteiger partial charge in [-0.2, -0.15) is 0 Å². The van der Waals surface area contributed by atoms with Crippen molar-refractivity contribution in [3.63, 3.8) is 0 Å². The van der Waals surface area contributed by atoms with Gasteiger partial charge in [-0.15, -0.1) is 0 Å². The van der Waals surface area contributed by atoms with E-state index in [0.29, 0.717) is 0 Å². The lowest BCUT2D eigenvalue weighted by atomic mass is 9.57. The van der Waals surface area contributed by atoms with E-state index in [4.69, 9.17) is 0 Å². The molecule has 0 bridgehead atoms. The van der Waals surface area contributed by atoms with Gasteiger partial charge in [0.15, 0.2) is 0 Å². The van der Waals surface area contributed by atoms with Crippen LogP contribution in [-0.2, 0) is 27.1 Å². The number of nitrogens with zero attached hydrogens (tertiary/aromatic N) is 3. The molecule has 7 aromatic rings. The fourth-order valence-electron chi connectivity index (χ4n) is 16.5. The van der Waals surface area contributed by atoms with Crippen LogP contribution in [-0.4, -0.2) is 11.1 Å². The number of rotatable bonds is 4. The molecule has 5 atom stereocenters. The van der Waals surface area contributed by atoms with Crippen molar-refractivity contribution in [1.29, 1.82) is 0 Å². The molecule has 0 radical (unpaired) electrons. The van der Waals surface area contributed by atoms with Crippen molar-refractivity contribution in [1.82, 2.24) is 0 Å². The lowest BCUT2D eigenvalue weighted by molar-refractivity contribution is 0.194. The molecule has 2 fully saturated rings. The Kier molecular flexibility index (Phi) is 10.4. The molecule has 0 saturated heterocycles. The molecule has 13 rings (SSSR count). The van der Waals surface area contributed by atoms with Crippen LogP contribution in [0.4, 0.5) is 39.8 Å². The number of anilines is 7. The Hall–Kier alpha value is -6.06. The zero-order valence-corrected chi connectivity index (χ0v) is 47.8. The van der Waals surface area contributed by atoms with Gasteiger partial charge in [-0.1, -0.05) is 192 Å². The third kappa shape index (κ3) is 6.51. The minimum Gasteiger partial charge on any atom is -0.334 e. The molecular weight excluding hydrogens is 907 g/mol. The second-order valence-corrected chi connectivity index (χ2v) is 27.9. The van der Waals surface area contributed by atoms with E-state index in [9.17, 15) is 0 Å². The van der Waals surface area contributed by atoms with E-state index in [1.165, 1.54) is 145 Å². The van der Waals surface area contributed by atoms with Crippen molar-refractivity contribution in [3.05, 3.63) is 195 Å². The molecule has 4 aliphatic heterocycles. The Morgan fingerprint density at radius 3 is 1.72 bits per heavy atom. The Labute approximate surface area is 450 Å². The number of hydrogen-bond donors (Lipinski definition) is 0. The lowest BCUT2D eigenvalue weighted by Crippen LogP contribution is -2.57. The van der Waals surface area contributed by atoms with Crippen molar-refractivity contribution in [2.45, 2.75) is 192 Å². The van der Waals surface area contributed by atoms with Gasteiger partial charge in [-0.05, 0) is 167 Å². The largest absolute Gasteiger partial charge is 0.334 e. The first-order chi connectivity index (χ1) is 35.5. The number of hydrogen-bond acceptors (Lipinski definition) is 3. The SMILES string of the molecule is Cc1cc(C)c2c3c1C1c4ccc(C(C)(C)C)cc4N(c4ccc(C(C)(C)C)cc4-c4ccccc4)c4cc(N5c6ccc(C(C)(C)C)cc6C6(c7ccccc7)CCCCC56C)cc(c41)N3C1(C)CCCCC21C. The van der Waals surface area contributed by atoms with Gasteiger partial charge < -0.3 is 14.7 Å². The highest BCUT2D eigenvalue weighted by Gasteiger charge is 2.64. The summed E-state index contributed by atoms with van der Waals surface area (Å²) in [5.74, 6) is 0.0604. The molecule has 4 heterocycles. The van der Waals surface area contributed by atoms with Crippen molar-refractivity contribution in [2.24, 2.45) is 0 Å². The first-order valence-electron chi connectivity index (χ1n) is 28.8. The maximum atomic E-state index is 2.98. The molecular formula is C72H81N3. The van der Waals surface area contributed by atoms with Crippen LogP contribution in [0.15, 0.2) is 133 Å². The molecule has 2 saturated carbocycles. The van der Waals surface area contributed by atoms with Crippen LogP contribution in [0.1, 0.15) is 202 Å². The van der Waals surface area contributed by atoms with E-state index in [1.54, 1.807) is 5.56 Å². The third-order valence-electron chi connectivity index (χ3n) is 20.6. The highest BCUT2D eigenvalue weighted by atomic mass is 15.3. The monoisotopic (exact) mass is 988 g/mol. The lowest BCUT2D eigenvalue weighted by Gasteiger charge is -2.54. The Balaban J connectivity index is 1.20. The van der Waals surface area contributed by atoms with Gasteiger partial charge in [0.1, 0.15) is 0 Å². The summed E-state index contributed by atoms with van der Waals surface area (Å²) in [4.78, 5) is 8.65. The first kappa shape index (κ1) is 48.6. The van der Waals surface area contributed by atoms with Crippen molar-refractivity contribution < 1.29 is 0 Å². The van der Waals surface area contributed by atoms with E-state index in [-0.39, 0.29) is 44.1 Å². The van der Waals surface area contributed by atoms with E-state index in [2.05, 4.69) is 245 Å². The minimum absolute atomic E-state index is 0.00716. The Bertz CT molecular complexity index is 3490. The summed E-state index contributed by atoms with van der Waals surface area (Å²) in [6, 6.07) is 53.7. The summed E-state index contributed by atoms with van der Waals surface area (Å²) in [6.45, 7) is 34.2. The molecule has 3 heteroatoms. The van der Waals surface area contributed by atoms with Crippen molar-refractivity contribution in [2.75, 3.05) is 14.7 Å². The molecule has 3 nitrogen and oxygen atoms in total. The Morgan fingerprint density at radius 2 is 1.04 bits per heavy atom. The zero-order valence-electron chi connectivity index (χ0n) is 47.8. The van der Waals surface area contributed by atoms with Crippen molar-refractivity contribution >= 4 is 39.8 Å². The normalized spacial score (nSPS) is 25.3. The summed E-state index contributed by atoms with van der Waals surface area (Å²) in [5, 5.41) is 0. The van der Waals surface area contributed by atoms with Gasteiger partial charge in [0.25, 0.3) is 0 Å². The second-order valence-electron chi connectivity index (χ2n) is 27.9. The second kappa shape index (κ2) is 16.0. The van der Waals surface area contributed by atoms with Gasteiger partial charge in [-0.25, -0.2) is 0 Å². The Morgan fingerprint density at radius 1 is 0.467 bits per heavy atom. The third-order valence-corrected chi connectivity index (χ3v) is 20.6. The average Bonchev–Trinajstić information content (AvgIpc) is 3.80. The van der Waals surface area contributed by atoms with Crippen LogP contribution < -0.4 is 14.7 Å². The summed E-state index contributed by atoms with van der Waals surface area (Å²) >= 11 is 0. The van der Waals surface area contributed by atoms with Crippen molar-refractivity contribution in [3.8, 4) is 11.1 Å². The molecule has 384 valence electrons. The van der Waals surface area contributed by atoms with Gasteiger partial charge in [0.2, 0.25) is 0 Å². The van der Waals surface area contributed by atoms with Gasteiger partial charge in [0, 0.05) is 39.2 Å². The predicted molar refractivity (Wildman–Crippen MR) is 319 cm³/mol. The number of benzene rings is 7. The molecule has 0 N–H and O–H groups in total. The average molecular weight is 988 g/mol. The predicted octanol–water partition coefficient (Wildman–Crippen LogP) is 19.7. The summed E-state index contributed by atoms with van der Waals surface area (Å²) in [6.07, 6.45) is 9.53. The summed E-state index contributed by atoms with van der Waals surface area (Å²) < 4.78 is 0. The van der Waals surface area contributed by atoms with Crippen LogP contribution >= 0.6 is 0 Å². The molecule has 75 heavy (non-hydrogen) atoms. The first-order valence-corrected chi connectivity index (χ1v) is 28.8. The fraction of sp³-hybridized carbons (Fsp3) is 0.417. The topological polar surface area (TPSA) is 9.72 Å². The van der Waals surface area contributed by atoms with Crippen LogP contribution in [0.2, 0.25) is 0 Å². The molecule has 5 unspecified atom stereocenters. The van der Waals surface area contributed by atoms with Crippen LogP contribution in [0.5, 0.6) is 0 Å². The standard InChI is InChI=1S/C72H81N3/c1-45-39-46(2)64-65-61(45)62-53-32-29-51(68(9,10)11)42-58(53)73(56-33-30-49(66(3,4)5)40-54(56)47-25-17-15-18-26-47)59-43-52(44-60(63(59)62)75(65)70(13)36-22-21-35-69(64,70)12)74-57-34-31-50(67(6,7)8)41-55(57)72(48-27-19-16-20-28-48)38-24-23-37-71(72,74)14/h15-20,25-34,39-44,62H,21-24,35-38H2,1-14H3. The number of aryl methyl sites for hydroxylation is 2. The smallest absolute Gasteiger partial charge is 0.0561 e.